The molecule has 1 atom stereocenters. The van der Waals surface area contributed by atoms with Gasteiger partial charge in [-0.3, -0.25) is 19.5 Å². The second-order valence-electron chi connectivity index (χ2n) is 7.64. The van der Waals surface area contributed by atoms with E-state index in [9.17, 15) is 18.4 Å². The fourth-order valence-corrected chi connectivity index (χ4v) is 4.46. The van der Waals surface area contributed by atoms with Crippen molar-refractivity contribution in [2.24, 2.45) is 5.73 Å². The predicted molar refractivity (Wildman–Crippen MR) is 102 cm³/mol. The minimum absolute atomic E-state index is 0.0350. The number of nitrogens with two attached hydrogens (primary N) is 1. The molecular weight excluding hydrogens is 378 g/mol. The second kappa shape index (κ2) is 7.51. The van der Waals surface area contributed by atoms with E-state index in [-0.39, 0.29) is 34.9 Å². The molecule has 1 unspecified atom stereocenters. The summed E-state index contributed by atoms with van der Waals surface area (Å²) in [6, 6.07) is 3.64. The molecule has 2 amide bonds. The lowest BCUT2D eigenvalue weighted by Crippen LogP contribution is -2.45. The van der Waals surface area contributed by atoms with Crippen LogP contribution >= 0.6 is 0 Å². The van der Waals surface area contributed by atoms with Gasteiger partial charge in [0.05, 0.1) is 23.4 Å². The highest BCUT2D eigenvalue weighted by Gasteiger charge is 2.41. The van der Waals surface area contributed by atoms with Gasteiger partial charge in [0.2, 0.25) is 5.91 Å². The number of primary amides is 1. The summed E-state index contributed by atoms with van der Waals surface area (Å²) in [5.41, 5.74) is 6.62. The molecule has 6 nitrogen and oxygen atoms in total. The van der Waals surface area contributed by atoms with Gasteiger partial charge in [-0.05, 0) is 43.5 Å². The number of benzene rings is 1. The summed E-state index contributed by atoms with van der Waals surface area (Å²) in [5, 5.41) is 0. The molecule has 4 rings (SSSR count). The Kier molecular flexibility index (Phi) is 5.04. The first kappa shape index (κ1) is 19.4. The third kappa shape index (κ3) is 3.48. The third-order valence-electron chi connectivity index (χ3n) is 5.92. The molecule has 152 valence electrons. The molecule has 1 aromatic carbocycles. The highest BCUT2D eigenvalue weighted by molar-refractivity contribution is 6.09. The molecule has 0 saturated carbocycles. The molecule has 2 aliphatic rings. The molecule has 0 bridgehead atoms. The summed E-state index contributed by atoms with van der Waals surface area (Å²) in [6.07, 6.45) is 4.21. The first-order chi connectivity index (χ1) is 13.9. The average Bonchev–Trinajstić information content (AvgIpc) is 2.94. The zero-order valence-corrected chi connectivity index (χ0v) is 16.1. The first-order valence-electron chi connectivity index (χ1n) is 9.63. The summed E-state index contributed by atoms with van der Waals surface area (Å²) < 4.78 is 27.8. The molecule has 2 N–H and O–H groups in total. The maximum Gasteiger partial charge on any atom is 0.255 e. The molecule has 1 fully saturated rings. The van der Waals surface area contributed by atoms with E-state index in [1.165, 1.54) is 12.3 Å². The molecule has 3 heterocycles. The molecule has 0 spiro atoms. The summed E-state index contributed by atoms with van der Waals surface area (Å²) in [7, 11) is 0. The van der Waals surface area contributed by atoms with Crippen molar-refractivity contribution in [3.63, 3.8) is 0 Å². The Morgan fingerprint density at radius 2 is 2.00 bits per heavy atom. The average molecular weight is 400 g/mol. The monoisotopic (exact) mass is 400 g/mol. The first-order valence-corrected chi connectivity index (χ1v) is 9.63. The SMILES string of the molecule is CC1c2cc(F)cc(C(N)=O)c2C(=O)N1C1CCN(Cc2ccncc2F)CC1. The van der Waals surface area contributed by atoms with Crippen molar-refractivity contribution in [2.75, 3.05) is 13.1 Å². The van der Waals surface area contributed by atoms with E-state index >= 15 is 0 Å². The standard InChI is InChI=1S/C21H22F2N4O2/c1-12-16-8-14(22)9-17(20(24)28)19(16)21(29)27(12)15-3-6-26(7-4-15)11-13-2-5-25-10-18(13)23/h2,5,8-10,12,15H,3-4,6-7,11H2,1H3,(H2,24,28). The van der Waals surface area contributed by atoms with Crippen molar-refractivity contribution in [3.05, 3.63) is 64.5 Å². The summed E-state index contributed by atoms with van der Waals surface area (Å²) in [6.45, 7) is 3.74. The molecule has 0 radical (unpaired) electrons. The Labute approximate surface area is 167 Å². The van der Waals surface area contributed by atoms with Gasteiger partial charge in [0.15, 0.2) is 0 Å². The zero-order chi connectivity index (χ0) is 20.7. The number of carbonyl (C=O) groups is 2. The highest BCUT2D eigenvalue weighted by Crippen LogP contribution is 2.39. The number of piperidine rings is 1. The third-order valence-corrected chi connectivity index (χ3v) is 5.92. The van der Waals surface area contributed by atoms with Crippen LogP contribution < -0.4 is 5.73 Å². The van der Waals surface area contributed by atoms with Crippen LogP contribution in [0.5, 0.6) is 0 Å². The predicted octanol–water partition coefficient (Wildman–Crippen LogP) is 2.64. The van der Waals surface area contributed by atoms with Gasteiger partial charge >= 0.3 is 0 Å². The number of fused-ring (bicyclic) bond motifs is 1. The van der Waals surface area contributed by atoms with Crippen LogP contribution in [0.1, 0.15) is 57.7 Å². The number of carbonyl (C=O) groups excluding carboxylic acids is 2. The maximum absolute atomic E-state index is 14.0. The Bertz CT molecular complexity index is 973. The fourth-order valence-electron chi connectivity index (χ4n) is 4.46. The summed E-state index contributed by atoms with van der Waals surface area (Å²) in [5.74, 6) is -1.99. The van der Waals surface area contributed by atoms with E-state index < -0.39 is 11.7 Å². The molecule has 0 aliphatic carbocycles. The van der Waals surface area contributed by atoms with Crippen molar-refractivity contribution in [1.82, 2.24) is 14.8 Å². The number of nitrogens with zero attached hydrogens (tertiary/aromatic N) is 3. The van der Waals surface area contributed by atoms with Crippen LogP contribution in [0.25, 0.3) is 0 Å². The van der Waals surface area contributed by atoms with Gasteiger partial charge in [0.1, 0.15) is 11.6 Å². The van der Waals surface area contributed by atoms with E-state index in [1.807, 2.05) is 6.92 Å². The van der Waals surface area contributed by atoms with Crippen molar-refractivity contribution < 1.29 is 18.4 Å². The van der Waals surface area contributed by atoms with Crippen LogP contribution in [-0.2, 0) is 6.54 Å². The quantitative estimate of drug-likeness (QED) is 0.856. The van der Waals surface area contributed by atoms with E-state index in [1.54, 1.807) is 17.2 Å². The Hall–Kier alpha value is -2.87. The second-order valence-corrected chi connectivity index (χ2v) is 7.64. The number of rotatable bonds is 4. The van der Waals surface area contributed by atoms with E-state index in [2.05, 4.69) is 9.88 Å². The Morgan fingerprint density at radius 1 is 1.28 bits per heavy atom. The van der Waals surface area contributed by atoms with Crippen molar-refractivity contribution in [2.45, 2.75) is 38.4 Å². The van der Waals surface area contributed by atoms with Gasteiger partial charge in [-0.15, -0.1) is 0 Å². The lowest BCUT2D eigenvalue weighted by molar-refractivity contribution is 0.0509. The van der Waals surface area contributed by atoms with Crippen LogP contribution in [0.15, 0.2) is 30.6 Å². The number of likely N-dealkylation sites (tertiary alicyclic amines) is 1. The molecular formula is C21H22F2N4O2. The van der Waals surface area contributed by atoms with Crippen molar-refractivity contribution in [1.29, 1.82) is 0 Å². The van der Waals surface area contributed by atoms with Crippen LogP contribution in [0.3, 0.4) is 0 Å². The smallest absolute Gasteiger partial charge is 0.255 e. The van der Waals surface area contributed by atoms with Gasteiger partial charge in [0, 0.05) is 37.4 Å². The Morgan fingerprint density at radius 3 is 2.66 bits per heavy atom. The zero-order valence-electron chi connectivity index (χ0n) is 16.1. The van der Waals surface area contributed by atoms with Gasteiger partial charge in [0.25, 0.3) is 5.91 Å². The lowest BCUT2D eigenvalue weighted by Gasteiger charge is -2.38. The number of aromatic nitrogens is 1. The largest absolute Gasteiger partial charge is 0.366 e. The van der Waals surface area contributed by atoms with Crippen molar-refractivity contribution in [3.8, 4) is 0 Å². The minimum Gasteiger partial charge on any atom is -0.366 e. The minimum atomic E-state index is -0.808. The molecule has 1 saturated heterocycles. The fraction of sp³-hybridized carbons (Fsp3) is 0.381. The number of amides is 2. The molecule has 8 heteroatoms. The topological polar surface area (TPSA) is 79.5 Å². The molecule has 29 heavy (non-hydrogen) atoms. The lowest BCUT2D eigenvalue weighted by atomic mass is 9.99. The van der Waals surface area contributed by atoms with Crippen LogP contribution in [0, 0.1) is 11.6 Å². The van der Waals surface area contributed by atoms with Crippen molar-refractivity contribution >= 4 is 11.8 Å². The summed E-state index contributed by atoms with van der Waals surface area (Å²) in [4.78, 5) is 32.5. The summed E-state index contributed by atoms with van der Waals surface area (Å²) >= 11 is 0. The normalized spacial score (nSPS) is 20.2. The number of pyridine rings is 1. The van der Waals surface area contributed by atoms with Crippen LogP contribution in [0.4, 0.5) is 8.78 Å². The number of halogens is 2. The van der Waals surface area contributed by atoms with Gasteiger partial charge < -0.3 is 10.6 Å². The number of hydrogen-bond acceptors (Lipinski definition) is 4. The molecule has 1 aromatic heterocycles. The molecule has 2 aromatic rings. The maximum atomic E-state index is 14.0. The van der Waals surface area contributed by atoms with Gasteiger partial charge in [-0.2, -0.15) is 0 Å². The van der Waals surface area contributed by atoms with Crippen LogP contribution in [-0.4, -0.2) is 45.7 Å². The number of hydrogen-bond donors (Lipinski definition) is 1. The van der Waals surface area contributed by atoms with E-state index in [0.717, 1.165) is 6.07 Å². The molecule has 2 aliphatic heterocycles. The van der Waals surface area contributed by atoms with Gasteiger partial charge in [-0.1, -0.05) is 0 Å². The van der Waals surface area contributed by atoms with E-state index in [4.69, 9.17) is 5.73 Å². The van der Waals surface area contributed by atoms with Gasteiger partial charge in [-0.25, -0.2) is 8.78 Å². The van der Waals surface area contributed by atoms with Crippen LogP contribution in [0.2, 0.25) is 0 Å². The van der Waals surface area contributed by atoms with E-state index in [0.29, 0.717) is 43.6 Å². The Balaban J connectivity index is 1.49. The highest BCUT2D eigenvalue weighted by atomic mass is 19.1.